The van der Waals surface area contributed by atoms with E-state index in [-0.39, 0.29) is 20.7 Å². The molecular formula is C7H2BrCl2NO3. The lowest BCUT2D eigenvalue weighted by Crippen LogP contribution is -1.95. The van der Waals surface area contributed by atoms with Gasteiger partial charge >= 0.3 is 0 Å². The summed E-state index contributed by atoms with van der Waals surface area (Å²) in [5, 5.41) is 9.73. The van der Waals surface area contributed by atoms with E-state index in [9.17, 15) is 14.9 Å². The second-order valence-corrected chi connectivity index (χ2v) is 3.92. The number of hydrogen-bond donors (Lipinski definition) is 0. The highest BCUT2D eigenvalue weighted by atomic mass is 79.9. The van der Waals surface area contributed by atoms with Gasteiger partial charge in [-0.1, -0.05) is 11.6 Å². The summed E-state index contributed by atoms with van der Waals surface area (Å²) >= 11 is 13.8. The van der Waals surface area contributed by atoms with Crippen LogP contribution in [0, 0.1) is 10.1 Å². The molecule has 4 nitrogen and oxygen atoms in total. The van der Waals surface area contributed by atoms with E-state index < -0.39 is 10.2 Å². The lowest BCUT2D eigenvalue weighted by Gasteiger charge is -2.00. The Kier molecular flexibility index (Phi) is 3.47. The van der Waals surface area contributed by atoms with Crippen LogP contribution in [0.1, 0.15) is 10.4 Å². The Hall–Kier alpha value is -0.650. The second kappa shape index (κ2) is 4.25. The van der Waals surface area contributed by atoms with Crippen LogP contribution >= 0.6 is 39.1 Å². The van der Waals surface area contributed by atoms with E-state index in [1.807, 2.05) is 0 Å². The summed E-state index contributed by atoms with van der Waals surface area (Å²) in [5.41, 5.74) is -0.332. The molecule has 0 aliphatic rings. The average Bonchev–Trinajstić information content (AvgIpc) is 2.02. The smallest absolute Gasteiger partial charge is 0.276 e. The molecule has 0 saturated heterocycles. The van der Waals surface area contributed by atoms with Gasteiger partial charge in [-0.05, 0) is 33.6 Å². The highest BCUT2D eigenvalue weighted by Gasteiger charge is 2.18. The first-order valence-electron chi connectivity index (χ1n) is 3.26. The van der Waals surface area contributed by atoms with E-state index in [0.717, 1.165) is 6.07 Å². The third-order valence-electron chi connectivity index (χ3n) is 1.44. The predicted molar refractivity (Wildman–Crippen MR) is 56.0 cm³/mol. The highest BCUT2D eigenvalue weighted by molar-refractivity contribution is 9.10. The molecule has 0 aliphatic carbocycles. The zero-order valence-electron chi connectivity index (χ0n) is 6.46. The Morgan fingerprint density at radius 1 is 1.50 bits per heavy atom. The number of hydrogen-bond acceptors (Lipinski definition) is 3. The van der Waals surface area contributed by atoms with E-state index in [2.05, 4.69) is 15.9 Å². The molecule has 0 aromatic heterocycles. The Morgan fingerprint density at radius 2 is 2.07 bits per heavy atom. The van der Waals surface area contributed by atoms with Gasteiger partial charge in [0.05, 0.1) is 20.0 Å². The van der Waals surface area contributed by atoms with Gasteiger partial charge in [0.2, 0.25) is 0 Å². The van der Waals surface area contributed by atoms with Crippen molar-refractivity contribution in [3.63, 3.8) is 0 Å². The van der Waals surface area contributed by atoms with Gasteiger partial charge in [-0.2, -0.15) is 0 Å². The van der Waals surface area contributed by atoms with Crippen molar-refractivity contribution in [2.45, 2.75) is 0 Å². The average molecular weight is 299 g/mol. The number of halogens is 3. The van der Waals surface area contributed by atoms with Gasteiger partial charge in [0.1, 0.15) is 0 Å². The second-order valence-electron chi connectivity index (χ2n) is 2.31. The van der Waals surface area contributed by atoms with Crippen LogP contribution in [0.25, 0.3) is 0 Å². The van der Waals surface area contributed by atoms with Crippen LogP contribution < -0.4 is 0 Å². The summed E-state index contributed by atoms with van der Waals surface area (Å²) in [6.45, 7) is 0. The van der Waals surface area contributed by atoms with E-state index in [0.29, 0.717) is 0 Å². The summed E-state index contributed by atoms with van der Waals surface area (Å²) in [6, 6.07) is 2.29. The minimum atomic E-state index is -0.828. The standard InChI is InChI=1S/C7H2BrCl2NO3/c8-4-2-5(9)3(7(10)12)1-6(4)11(13)14/h1-2H. The maximum Gasteiger partial charge on any atom is 0.284 e. The molecule has 0 unspecified atom stereocenters. The molecule has 0 heterocycles. The van der Waals surface area contributed by atoms with Gasteiger partial charge in [0, 0.05) is 6.07 Å². The summed E-state index contributed by atoms with van der Waals surface area (Å²) in [4.78, 5) is 20.6. The zero-order valence-corrected chi connectivity index (χ0v) is 9.56. The van der Waals surface area contributed by atoms with Crippen molar-refractivity contribution in [2.75, 3.05) is 0 Å². The molecule has 0 fully saturated rings. The number of nitrogens with zero attached hydrogens (tertiary/aromatic N) is 1. The van der Waals surface area contributed by atoms with Crippen LogP contribution in [0.5, 0.6) is 0 Å². The topological polar surface area (TPSA) is 60.2 Å². The summed E-state index contributed by atoms with van der Waals surface area (Å²) < 4.78 is 0.203. The molecule has 7 heteroatoms. The normalized spacial score (nSPS) is 9.93. The Bertz CT molecular complexity index is 386. The highest BCUT2D eigenvalue weighted by Crippen LogP contribution is 2.31. The van der Waals surface area contributed by atoms with E-state index in [1.165, 1.54) is 6.07 Å². The molecule has 0 N–H and O–H groups in total. The molecule has 0 saturated carbocycles. The quantitative estimate of drug-likeness (QED) is 0.478. The van der Waals surface area contributed by atoms with Crippen molar-refractivity contribution < 1.29 is 9.72 Å². The van der Waals surface area contributed by atoms with Gasteiger partial charge in [-0.25, -0.2) is 0 Å². The first kappa shape index (κ1) is 11.4. The minimum absolute atomic E-state index is 0.0717. The van der Waals surface area contributed by atoms with Crippen molar-refractivity contribution in [3.8, 4) is 0 Å². The van der Waals surface area contributed by atoms with Gasteiger partial charge in [0.15, 0.2) is 0 Å². The first-order chi connectivity index (χ1) is 6.43. The van der Waals surface area contributed by atoms with E-state index >= 15 is 0 Å². The van der Waals surface area contributed by atoms with Crippen LogP contribution in [0.2, 0.25) is 5.02 Å². The molecule has 1 rings (SSSR count). The number of benzene rings is 1. The van der Waals surface area contributed by atoms with Gasteiger partial charge < -0.3 is 0 Å². The first-order valence-corrected chi connectivity index (χ1v) is 4.81. The molecule has 0 bridgehead atoms. The fourth-order valence-corrected chi connectivity index (χ4v) is 1.90. The lowest BCUT2D eigenvalue weighted by molar-refractivity contribution is -0.385. The number of nitro groups is 1. The molecule has 14 heavy (non-hydrogen) atoms. The molecule has 0 radical (unpaired) electrons. The maximum atomic E-state index is 10.8. The third-order valence-corrected chi connectivity index (χ3v) is 2.60. The zero-order chi connectivity index (χ0) is 10.9. The van der Waals surface area contributed by atoms with Crippen molar-refractivity contribution in [1.29, 1.82) is 0 Å². The van der Waals surface area contributed by atoms with Crippen LogP contribution in [-0.4, -0.2) is 10.2 Å². The van der Waals surface area contributed by atoms with Crippen molar-refractivity contribution >= 4 is 50.1 Å². The van der Waals surface area contributed by atoms with Gasteiger partial charge in [-0.3, -0.25) is 14.9 Å². The predicted octanol–water partition coefficient (Wildman–Crippen LogP) is 3.39. The Morgan fingerprint density at radius 3 is 2.50 bits per heavy atom. The van der Waals surface area contributed by atoms with Gasteiger partial charge in [-0.15, -0.1) is 0 Å². The number of carbonyl (C=O) groups excluding carboxylic acids is 1. The minimum Gasteiger partial charge on any atom is -0.276 e. The Balaban J connectivity index is 3.42. The monoisotopic (exact) mass is 297 g/mol. The molecule has 0 atom stereocenters. The van der Waals surface area contributed by atoms with Crippen LogP contribution in [0.4, 0.5) is 5.69 Å². The number of carbonyl (C=O) groups is 1. The van der Waals surface area contributed by atoms with Crippen LogP contribution in [0.15, 0.2) is 16.6 Å². The molecule has 0 aliphatic heterocycles. The molecule has 74 valence electrons. The molecule has 0 spiro atoms. The Labute approximate surface area is 97.1 Å². The van der Waals surface area contributed by atoms with Crippen LogP contribution in [-0.2, 0) is 0 Å². The number of nitro benzene ring substituents is 1. The molecule has 0 amide bonds. The van der Waals surface area contributed by atoms with Crippen molar-refractivity contribution in [3.05, 3.63) is 37.3 Å². The fraction of sp³-hybridized carbons (Fsp3) is 0. The molecular weight excluding hydrogens is 297 g/mol. The molecule has 1 aromatic carbocycles. The summed E-state index contributed by atoms with van der Waals surface area (Å²) in [7, 11) is 0. The maximum absolute atomic E-state index is 10.8. The largest absolute Gasteiger partial charge is 0.284 e. The summed E-state index contributed by atoms with van der Waals surface area (Å²) in [5.74, 6) is 0. The molecule has 1 aromatic rings. The summed E-state index contributed by atoms with van der Waals surface area (Å²) in [6.07, 6.45) is 0. The third kappa shape index (κ3) is 2.23. The van der Waals surface area contributed by atoms with E-state index in [4.69, 9.17) is 23.2 Å². The van der Waals surface area contributed by atoms with E-state index in [1.54, 1.807) is 0 Å². The SMILES string of the molecule is O=C(Cl)c1cc([N+](=O)[O-])c(Br)cc1Cl. The van der Waals surface area contributed by atoms with Gasteiger partial charge in [0.25, 0.3) is 10.9 Å². The van der Waals surface area contributed by atoms with Crippen LogP contribution in [0.3, 0.4) is 0 Å². The lowest BCUT2D eigenvalue weighted by atomic mass is 10.2. The fourth-order valence-electron chi connectivity index (χ4n) is 0.828. The van der Waals surface area contributed by atoms with Crippen molar-refractivity contribution in [1.82, 2.24) is 0 Å². The number of rotatable bonds is 2. The van der Waals surface area contributed by atoms with Crippen molar-refractivity contribution in [2.24, 2.45) is 0 Å².